The van der Waals surface area contributed by atoms with E-state index in [9.17, 15) is 10.2 Å². The Kier molecular flexibility index (Phi) is 5.94. The molecule has 0 aliphatic heterocycles. The van der Waals surface area contributed by atoms with Crippen molar-refractivity contribution in [2.45, 2.75) is 51.6 Å². The van der Waals surface area contributed by atoms with Gasteiger partial charge in [0.05, 0.1) is 6.10 Å². The van der Waals surface area contributed by atoms with Crippen LogP contribution < -0.4 is 0 Å². The topological polar surface area (TPSA) is 40.5 Å². The Balaban J connectivity index is 2.23. The standard InChI is InChI=1S/C14H22O2/c1-2-3-9-13(15)10-6-8-12-7-4-5-11-14(12)16/h4-5,7,11,13,15-16H,2-3,6,8-10H2,1H3. The summed E-state index contributed by atoms with van der Waals surface area (Å²) in [4.78, 5) is 0. The van der Waals surface area contributed by atoms with Crippen LogP contribution in [0.5, 0.6) is 5.75 Å². The summed E-state index contributed by atoms with van der Waals surface area (Å²) < 4.78 is 0. The van der Waals surface area contributed by atoms with Crippen molar-refractivity contribution in [3.8, 4) is 5.75 Å². The van der Waals surface area contributed by atoms with Crippen molar-refractivity contribution in [3.63, 3.8) is 0 Å². The summed E-state index contributed by atoms with van der Waals surface area (Å²) >= 11 is 0. The lowest BCUT2D eigenvalue weighted by molar-refractivity contribution is 0.149. The van der Waals surface area contributed by atoms with E-state index in [1.807, 2.05) is 18.2 Å². The molecule has 1 atom stereocenters. The molecule has 1 unspecified atom stereocenters. The van der Waals surface area contributed by atoms with Crippen molar-refractivity contribution in [1.29, 1.82) is 0 Å². The van der Waals surface area contributed by atoms with Gasteiger partial charge in [0.15, 0.2) is 0 Å². The first-order valence-electron chi connectivity index (χ1n) is 6.19. The molecule has 0 bridgehead atoms. The molecule has 2 heteroatoms. The van der Waals surface area contributed by atoms with Gasteiger partial charge in [-0.2, -0.15) is 0 Å². The van der Waals surface area contributed by atoms with Crippen molar-refractivity contribution < 1.29 is 10.2 Å². The number of aromatic hydroxyl groups is 1. The minimum atomic E-state index is -0.175. The number of unbranched alkanes of at least 4 members (excludes halogenated alkanes) is 1. The maximum Gasteiger partial charge on any atom is 0.118 e. The van der Waals surface area contributed by atoms with Crippen LogP contribution in [0.4, 0.5) is 0 Å². The van der Waals surface area contributed by atoms with Crippen molar-refractivity contribution >= 4 is 0 Å². The van der Waals surface area contributed by atoms with Crippen LogP contribution in [0.25, 0.3) is 0 Å². The summed E-state index contributed by atoms with van der Waals surface area (Å²) in [6.45, 7) is 2.13. The second-order valence-corrected chi connectivity index (χ2v) is 4.32. The summed E-state index contributed by atoms with van der Waals surface area (Å²) in [5, 5.41) is 19.2. The SMILES string of the molecule is CCCCC(O)CCCc1ccccc1O. The van der Waals surface area contributed by atoms with Gasteiger partial charge < -0.3 is 10.2 Å². The van der Waals surface area contributed by atoms with Gasteiger partial charge in [-0.25, -0.2) is 0 Å². The zero-order valence-corrected chi connectivity index (χ0v) is 10.0. The van der Waals surface area contributed by atoms with Crippen molar-refractivity contribution in [2.75, 3.05) is 0 Å². The molecule has 0 aromatic heterocycles. The van der Waals surface area contributed by atoms with E-state index in [1.54, 1.807) is 6.07 Å². The molecule has 0 spiro atoms. The summed E-state index contributed by atoms with van der Waals surface area (Å²) in [6.07, 6.45) is 5.56. The Hall–Kier alpha value is -1.02. The molecule has 0 aliphatic carbocycles. The van der Waals surface area contributed by atoms with Crippen LogP contribution >= 0.6 is 0 Å². The monoisotopic (exact) mass is 222 g/mol. The summed E-state index contributed by atoms with van der Waals surface area (Å²) in [5.41, 5.74) is 0.977. The number of rotatable bonds is 7. The van der Waals surface area contributed by atoms with Gasteiger partial charge in [-0.1, -0.05) is 38.0 Å². The van der Waals surface area contributed by atoms with E-state index in [-0.39, 0.29) is 6.10 Å². The van der Waals surface area contributed by atoms with Gasteiger partial charge in [-0.3, -0.25) is 0 Å². The molecule has 1 aromatic rings. The highest BCUT2D eigenvalue weighted by atomic mass is 16.3. The van der Waals surface area contributed by atoms with Crippen LogP contribution in [0.1, 0.15) is 44.6 Å². The smallest absolute Gasteiger partial charge is 0.118 e. The van der Waals surface area contributed by atoms with Gasteiger partial charge in [-0.05, 0) is 37.3 Å². The molecule has 0 heterocycles. The second-order valence-electron chi connectivity index (χ2n) is 4.32. The minimum Gasteiger partial charge on any atom is -0.508 e. The lowest BCUT2D eigenvalue weighted by atomic mass is 10.0. The first-order valence-corrected chi connectivity index (χ1v) is 6.19. The fourth-order valence-corrected chi connectivity index (χ4v) is 1.83. The fourth-order valence-electron chi connectivity index (χ4n) is 1.83. The van der Waals surface area contributed by atoms with Gasteiger partial charge in [0.1, 0.15) is 5.75 Å². The zero-order valence-electron chi connectivity index (χ0n) is 10.0. The molecule has 1 aromatic carbocycles. The van der Waals surface area contributed by atoms with E-state index in [1.165, 1.54) is 0 Å². The molecule has 1 rings (SSSR count). The molecule has 16 heavy (non-hydrogen) atoms. The third-order valence-corrected chi connectivity index (χ3v) is 2.87. The maximum absolute atomic E-state index is 9.67. The van der Waals surface area contributed by atoms with Crippen molar-refractivity contribution in [2.24, 2.45) is 0 Å². The Labute approximate surface area is 97.9 Å². The normalized spacial score (nSPS) is 12.6. The Morgan fingerprint density at radius 2 is 1.81 bits per heavy atom. The van der Waals surface area contributed by atoms with Crippen molar-refractivity contribution in [3.05, 3.63) is 29.8 Å². The highest BCUT2D eigenvalue weighted by molar-refractivity contribution is 5.31. The third kappa shape index (κ3) is 4.67. The van der Waals surface area contributed by atoms with E-state index >= 15 is 0 Å². The van der Waals surface area contributed by atoms with Crippen LogP contribution in [-0.4, -0.2) is 16.3 Å². The van der Waals surface area contributed by atoms with Gasteiger partial charge in [0.2, 0.25) is 0 Å². The average molecular weight is 222 g/mol. The second kappa shape index (κ2) is 7.29. The summed E-state index contributed by atoms with van der Waals surface area (Å²) in [6, 6.07) is 7.41. The van der Waals surface area contributed by atoms with Gasteiger partial charge >= 0.3 is 0 Å². The molecule has 0 saturated heterocycles. The van der Waals surface area contributed by atoms with Crippen LogP contribution in [0.3, 0.4) is 0 Å². The molecule has 2 nitrogen and oxygen atoms in total. The number of aryl methyl sites for hydroxylation is 1. The summed E-state index contributed by atoms with van der Waals surface area (Å²) in [7, 11) is 0. The molecule has 2 N–H and O–H groups in total. The number of aliphatic hydroxyl groups is 1. The molecule has 0 fully saturated rings. The summed E-state index contributed by atoms with van der Waals surface area (Å²) in [5.74, 6) is 0.366. The van der Waals surface area contributed by atoms with E-state index in [4.69, 9.17) is 0 Å². The molecule has 0 amide bonds. The van der Waals surface area contributed by atoms with Crippen LogP contribution in [0.2, 0.25) is 0 Å². The number of phenolic OH excluding ortho intramolecular Hbond substituents is 1. The first-order chi connectivity index (χ1) is 7.74. The molecular weight excluding hydrogens is 200 g/mol. The number of aliphatic hydroxyl groups excluding tert-OH is 1. The van der Waals surface area contributed by atoms with Gasteiger partial charge in [-0.15, -0.1) is 0 Å². The predicted molar refractivity (Wildman–Crippen MR) is 66.6 cm³/mol. The highest BCUT2D eigenvalue weighted by Crippen LogP contribution is 2.18. The van der Waals surface area contributed by atoms with Crippen LogP contribution in [-0.2, 0) is 6.42 Å². The largest absolute Gasteiger partial charge is 0.508 e. The number of hydrogen-bond acceptors (Lipinski definition) is 2. The average Bonchev–Trinajstić information content (AvgIpc) is 2.29. The molecule has 0 aliphatic rings. The van der Waals surface area contributed by atoms with E-state index in [2.05, 4.69) is 6.92 Å². The molecule has 90 valence electrons. The van der Waals surface area contributed by atoms with E-state index in [0.29, 0.717) is 5.75 Å². The Morgan fingerprint density at radius 1 is 1.12 bits per heavy atom. The van der Waals surface area contributed by atoms with Gasteiger partial charge in [0.25, 0.3) is 0 Å². The number of phenols is 1. The lowest BCUT2D eigenvalue weighted by Crippen LogP contribution is -2.06. The maximum atomic E-state index is 9.67. The fraction of sp³-hybridized carbons (Fsp3) is 0.571. The first kappa shape index (κ1) is 13.0. The van der Waals surface area contributed by atoms with Gasteiger partial charge in [0, 0.05) is 0 Å². The van der Waals surface area contributed by atoms with Crippen LogP contribution in [0, 0.1) is 0 Å². The highest BCUT2D eigenvalue weighted by Gasteiger charge is 2.04. The Bertz CT molecular complexity index is 297. The molecule has 0 saturated carbocycles. The quantitative estimate of drug-likeness (QED) is 0.743. The molecular formula is C14H22O2. The number of para-hydroxylation sites is 1. The Morgan fingerprint density at radius 3 is 2.50 bits per heavy atom. The van der Waals surface area contributed by atoms with E-state index in [0.717, 1.165) is 44.1 Å². The number of hydrogen-bond donors (Lipinski definition) is 2. The number of benzene rings is 1. The minimum absolute atomic E-state index is 0.175. The zero-order chi connectivity index (χ0) is 11.8. The lowest BCUT2D eigenvalue weighted by Gasteiger charge is -2.09. The van der Waals surface area contributed by atoms with Crippen LogP contribution in [0.15, 0.2) is 24.3 Å². The van der Waals surface area contributed by atoms with E-state index < -0.39 is 0 Å². The third-order valence-electron chi connectivity index (χ3n) is 2.87. The van der Waals surface area contributed by atoms with Crippen molar-refractivity contribution in [1.82, 2.24) is 0 Å². The molecule has 0 radical (unpaired) electrons. The predicted octanol–water partition coefficient (Wildman–Crippen LogP) is 3.27.